The lowest BCUT2D eigenvalue weighted by atomic mass is 9.46. The lowest BCUT2D eigenvalue weighted by molar-refractivity contribution is -0.650. The maximum Gasteiger partial charge on any atom is 0.411 e. The Bertz CT molecular complexity index is 968. The fourth-order valence-electron chi connectivity index (χ4n) is 6.46. The van der Waals surface area contributed by atoms with E-state index in [0.29, 0.717) is 24.3 Å². The van der Waals surface area contributed by atoms with Crippen molar-refractivity contribution in [3.05, 3.63) is 44.2 Å². The van der Waals surface area contributed by atoms with Gasteiger partial charge >= 0.3 is 6.18 Å². The number of hydrogen-bond donors (Lipinski definition) is 0. The Balaban J connectivity index is 0.00000162. The Morgan fingerprint density at radius 2 is 1.76 bits per heavy atom. The summed E-state index contributed by atoms with van der Waals surface area (Å²) in [6, 6.07) is 4.10. The van der Waals surface area contributed by atoms with Gasteiger partial charge in [-0.15, -0.1) is 11.6 Å². The molecule has 0 radical (unpaired) electrons. The number of phosphoric acid groups is 1. The smallest absolute Gasteiger partial charge is 0.411 e. The van der Waals surface area contributed by atoms with Crippen LogP contribution in [-0.2, 0) is 24.9 Å². The fourth-order valence-corrected chi connectivity index (χ4v) is 7.49. The molecule has 5 fully saturated rings. The molecule has 4 saturated carbocycles. The van der Waals surface area contributed by atoms with Gasteiger partial charge in [0.15, 0.2) is 5.60 Å². The van der Waals surface area contributed by atoms with Crippen LogP contribution in [0.25, 0.3) is 0 Å². The zero-order valence-electron chi connectivity index (χ0n) is 19.0. The molecule has 1 saturated heterocycles. The van der Waals surface area contributed by atoms with Crippen LogP contribution < -0.4 is 14.3 Å². The minimum atomic E-state index is -5.40. The number of hydrogen-bond acceptors (Lipinski definition) is 7. The monoisotopic (exact) mass is 526 g/mol. The summed E-state index contributed by atoms with van der Waals surface area (Å²) < 4.78 is 60.8. The van der Waals surface area contributed by atoms with E-state index in [1.807, 2.05) is 0 Å². The van der Waals surface area contributed by atoms with Gasteiger partial charge < -0.3 is 23.6 Å². The molecule has 1 aromatic carbocycles. The van der Waals surface area contributed by atoms with Gasteiger partial charge in [-0.05, 0) is 68.4 Å². The SMILES string of the molecule is Cc1ccc(C2(OCC(F)(F)F)OOC23C2CC4CC3CC(Cl)(C4)C2)cc1OP(=O)([O-])[O-].[CH3+].[CH3+]. The molecule has 1 heterocycles. The Kier molecular flexibility index (Phi) is 6.84. The minimum absolute atomic E-state index is 0. The number of phosphoric ester groups is 1. The molecule has 34 heavy (non-hydrogen) atoms. The molecule has 3 unspecified atom stereocenters. The van der Waals surface area contributed by atoms with E-state index < -0.39 is 36.9 Å². The van der Waals surface area contributed by atoms with Crippen LogP contribution >= 0.6 is 19.4 Å². The Morgan fingerprint density at radius 1 is 1.15 bits per heavy atom. The summed E-state index contributed by atoms with van der Waals surface area (Å²) in [6.45, 7) is -0.0926. The van der Waals surface area contributed by atoms with Gasteiger partial charge in [0.05, 0.1) is 0 Å². The quantitative estimate of drug-likeness (QED) is 0.243. The van der Waals surface area contributed by atoms with Crippen molar-refractivity contribution in [2.24, 2.45) is 17.8 Å². The summed E-state index contributed by atoms with van der Waals surface area (Å²) in [4.78, 5) is 33.0. The minimum Gasteiger partial charge on any atom is -0.780 e. The van der Waals surface area contributed by atoms with Crippen molar-refractivity contribution in [2.75, 3.05) is 6.61 Å². The third kappa shape index (κ3) is 4.21. The van der Waals surface area contributed by atoms with Gasteiger partial charge in [0.1, 0.15) is 20.2 Å². The van der Waals surface area contributed by atoms with Crippen LogP contribution in [0.15, 0.2) is 18.2 Å². The van der Waals surface area contributed by atoms with E-state index in [1.54, 1.807) is 0 Å². The van der Waals surface area contributed by atoms with Gasteiger partial charge in [0.25, 0.3) is 5.79 Å². The fraction of sp³-hybridized carbons (Fsp3) is 0.636. The molecule has 5 aliphatic rings. The van der Waals surface area contributed by atoms with E-state index in [4.69, 9.17) is 26.1 Å². The normalized spacial score (nSPS) is 38.1. The van der Waals surface area contributed by atoms with Gasteiger partial charge in [-0.3, -0.25) is 0 Å². The summed E-state index contributed by atoms with van der Waals surface area (Å²) in [6.07, 6.45) is -1.24. The Labute approximate surface area is 202 Å². The highest BCUT2D eigenvalue weighted by Gasteiger charge is 2.78. The number of alkyl halides is 4. The highest BCUT2D eigenvalue weighted by Crippen LogP contribution is 2.71. The first-order valence-electron chi connectivity index (χ1n) is 10.3. The van der Waals surface area contributed by atoms with Gasteiger partial charge in [-0.2, -0.15) is 18.1 Å². The van der Waals surface area contributed by atoms with Crippen molar-refractivity contribution < 1.29 is 46.6 Å². The largest absolute Gasteiger partial charge is 0.780 e. The zero-order chi connectivity index (χ0) is 23.2. The maximum atomic E-state index is 13.2. The number of aryl methyl sites for hydroxylation is 1. The second kappa shape index (κ2) is 8.47. The molecular weight excluding hydrogens is 500 g/mol. The molecule has 0 aromatic heterocycles. The van der Waals surface area contributed by atoms with Crippen molar-refractivity contribution in [1.29, 1.82) is 0 Å². The van der Waals surface area contributed by atoms with Crippen molar-refractivity contribution in [3.63, 3.8) is 0 Å². The van der Waals surface area contributed by atoms with Crippen molar-refractivity contribution in [3.8, 4) is 5.75 Å². The lowest BCUT2D eigenvalue weighted by Crippen LogP contribution is -2.78. The second-order valence-corrected chi connectivity index (χ2v) is 11.4. The van der Waals surface area contributed by atoms with Crippen LogP contribution in [0, 0.1) is 39.5 Å². The van der Waals surface area contributed by atoms with Crippen LogP contribution in [0.5, 0.6) is 5.75 Å². The van der Waals surface area contributed by atoms with Gasteiger partial charge in [0.2, 0.25) is 0 Å². The van der Waals surface area contributed by atoms with E-state index in [2.05, 4.69) is 4.52 Å². The highest BCUT2D eigenvalue weighted by molar-refractivity contribution is 7.43. The third-order valence-electron chi connectivity index (χ3n) is 7.36. The molecule has 190 valence electrons. The lowest BCUT2D eigenvalue weighted by Gasteiger charge is -2.70. The van der Waals surface area contributed by atoms with Crippen LogP contribution in [0.1, 0.15) is 43.2 Å². The molecule has 0 N–H and O–H groups in total. The molecule has 4 aliphatic carbocycles. The molecule has 1 aliphatic heterocycles. The maximum absolute atomic E-state index is 13.2. The average molecular weight is 527 g/mol. The zero-order valence-corrected chi connectivity index (χ0v) is 20.7. The molecule has 3 atom stereocenters. The Hall–Kier alpha value is -1.13. The van der Waals surface area contributed by atoms with E-state index >= 15 is 0 Å². The molecule has 4 bridgehead atoms. The van der Waals surface area contributed by atoms with Gasteiger partial charge in [-0.25, -0.2) is 4.89 Å². The predicted molar refractivity (Wildman–Crippen MR) is 113 cm³/mol. The Morgan fingerprint density at radius 3 is 2.24 bits per heavy atom. The van der Waals surface area contributed by atoms with Crippen LogP contribution in [0.4, 0.5) is 13.2 Å². The first-order chi connectivity index (χ1) is 14.8. The van der Waals surface area contributed by atoms with E-state index in [0.717, 1.165) is 19.3 Å². The molecular formula is C22H27ClF3O7P. The van der Waals surface area contributed by atoms with Gasteiger partial charge in [-0.1, -0.05) is 12.1 Å². The first kappa shape index (κ1) is 27.5. The highest BCUT2D eigenvalue weighted by atomic mass is 35.5. The molecule has 1 spiro atoms. The van der Waals surface area contributed by atoms with E-state index in [1.165, 1.54) is 25.1 Å². The number of rotatable bonds is 5. The summed E-state index contributed by atoms with van der Waals surface area (Å²) in [5.74, 6) is -2.30. The average Bonchev–Trinajstić information content (AvgIpc) is 2.60. The van der Waals surface area contributed by atoms with Crippen LogP contribution in [-0.4, -0.2) is 23.3 Å². The summed E-state index contributed by atoms with van der Waals surface area (Å²) in [7, 11) is -5.40. The second-order valence-electron chi connectivity index (χ2n) is 9.49. The van der Waals surface area contributed by atoms with Crippen molar-refractivity contribution >= 4 is 19.4 Å². The number of halogens is 4. The molecule has 12 heteroatoms. The first-order valence-corrected chi connectivity index (χ1v) is 12.2. The summed E-state index contributed by atoms with van der Waals surface area (Å²) in [5, 5.41) is 0. The van der Waals surface area contributed by atoms with Crippen LogP contribution in [0.2, 0.25) is 0 Å². The van der Waals surface area contributed by atoms with Gasteiger partial charge in [0, 0.05) is 25.3 Å². The number of benzene rings is 1. The summed E-state index contributed by atoms with van der Waals surface area (Å²) >= 11 is 6.81. The topological polar surface area (TPSA) is 100 Å². The molecule has 1 aromatic rings. The van der Waals surface area contributed by atoms with Crippen LogP contribution in [0.3, 0.4) is 0 Å². The molecule has 7 nitrogen and oxygen atoms in total. The third-order valence-corrected chi connectivity index (χ3v) is 8.24. The van der Waals surface area contributed by atoms with Crippen molar-refractivity contribution in [2.45, 2.75) is 61.5 Å². The predicted octanol–water partition coefficient (Wildman–Crippen LogP) is 4.35. The van der Waals surface area contributed by atoms with E-state index in [9.17, 15) is 27.5 Å². The van der Waals surface area contributed by atoms with Crippen molar-refractivity contribution in [1.82, 2.24) is 0 Å². The summed E-state index contributed by atoms with van der Waals surface area (Å²) in [5.41, 5.74) is -0.803. The number of ether oxygens (including phenoxy) is 1. The molecule has 6 rings (SSSR count). The molecule has 0 amide bonds. The van der Waals surface area contributed by atoms with E-state index in [-0.39, 0.29) is 38.0 Å². The standard InChI is InChI=1S/C20H23ClF3O7P.2CH3/c1-11-2-3-13(6-16(11)29-32(25,26)27)20(28-10-18(22,23)24)19(30-31-20)14-4-12-5-15(19)9-17(21,7-12)8-14;;/h2-3,6,12,14-15H,4-5,7-10H2,1H3,(H2,25,26,27);2*1H3/q;2*+1/p-2.